The van der Waals surface area contributed by atoms with Gasteiger partial charge in [-0.15, -0.1) is 0 Å². The summed E-state index contributed by atoms with van der Waals surface area (Å²) in [7, 11) is 3.85. The second-order valence-electron chi connectivity index (χ2n) is 5.07. The van der Waals surface area contributed by atoms with Crippen LogP contribution in [0.2, 0.25) is 0 Å². The quantitative estimate of drug-likeness (QED) is 0.880. The SMILES string of the molecule is CN(C)CCNC(=O)c1cccc2cccc(C(=O)O)c12. The first-order valence-electron chi connectivity index (χ1n) is 6.68. The van der Waals surface area contributed by atoms with Crippen molar-refractivity contribution in [1.82, 2.24) is 10.2 Å². The number of carbonyl (C=O) groups is 2. The average molecular weight is 286 g/mol. The van der Waals surface area contributed by atoms with Gasteiger partial charge in [0.15, 0.2) is 0 Å². The summed E-state index contributed by atoms with van der Waals surface area (Å²) in [4.78, 5) is 25.6. The highest BCUT2D eigenvalue weighted by atomic mass is 16.4. The van der Waals surface area contributed by atoms with Crippen LogP contribution < -0.4 is 5.32 Å². The van der Waals surface area contributed by atoms with Crippen LogP contribution in [0.5, 0.6) is 0 Å². The van der Waals surface area contributed by atoms with E-state index >= 15 is 0 Å². The normalized spacial score (nSPS) is 10.8. The van der Waals surface area contributed by atoms with Gasteiger partial charge in [-0.2, -0.15) is 0 Å². The summed E-state index contributed by atoms with van der Waals surface area (Å²) in [5, 5.41) is 13.3. The molecule has 0 unspecified atom stereocenters. The molecule has 0 radical (unpaired) electrons. The maximum absolute atomic E-state index is 12.3. The van der Waals surface area contributed by atoms with E-state index in [1.54, 1.807) is 30.3 Å². The number of amides is 1. The van der Waals surface area contributed by atoms with Crippen LogP contribution in [0.15, 0.2) is 36.4 Å². The fraction of sp³-hybridized carbons (Fsp3) is 0.250. The molecule has 5 heteroatoms. The maximum Gasteiger partial charge on any atom is 0.336 e. The lowest BCUT2D eigenvalue weighted by Crippen LogP contribution is -2.31. The third-order valence-corrected chi connectivity index (χ3v) is 3.22. The van der Waals surface area contributed by atoms with E-state index in [0.29, 0.717) is 17.5 Å². The Bertz CT molecular complexity index is 675. The van der Waals surface area contributed by atoms with E-state index in [-0.39, 0.29) is 11.5 Å². The molecule has 110 valence electrons. The van der Waals surface area contributed by atoms with Gasteiger partial charge in [0, 0.05) is 24.0 Å². The van der Waals surface area contributed by atoms with E-state index < -0.39 is 5.97 Å². The Morgan fingerprint density at radius 3 is 2.29 bits per heavy atom. The molecular formula is C16H18N2O3. The highest BCUT2D eigenvalue weighted by Crippen LogP contribution is 2.23. The van der Waals surface area contributed by atoms with Gasteiger partial charge < -0.3 is 15.3 Å². The topological polar surface area (TPSA) is 69.6 Å². The molecule has 21 heavy (non-hydrogen) atoms. The van der Waals surface area contributed by atoms with Gasteiger partial charge in [-0.05, 0) is 31.6 Å². The third kappa shape index (κ3) is 3.38. The molecule has 1 amide bonds. The second-order valence-corrected chi connectivity index (χ2v) is 5.07. The minimum atomic E-state index is -1.03. The zero-order valence-electron chi connectivity index (χ0n) is 12.1. The molecule has 0 aliphatic rings. The fourth-order valence-electron chi connectivity index (χ4n) is 2.20. The van der Waals surface area contributed by atoms with Crippen LogP contribution in [0, 0.1) is 0 Å². The first-order valence-corrected chi connectivity index (χ1v) is 6.68. The fourth-order valence-corrected chi connectivity index (χ4v) is 2.20. The van der Waals surface area contributed by atoms with Crippen LogP contribution in [-0.4, -0.2) is 49.1 Å². The molecule has 0 spiro atoms. The molecule has 5 nitrogen and oxygen atoms in total. The molecular weight excluding hydrogens is 268 g/mol. The molecule has 0 aromatic heterocycles. The Morgan fingerprint density at radius 1 is 1.10 bits per heavy atom. The van der Waals surface area contributed by atoms with Crippen molar-refractivity contribution in [2.75, 3.05) is 27.2 Å². The van der Waals surface area contributed by atoms with Crippen molar-refractivity contribution in [2.45, 2.75) is 0 Å². The number of hydrogen-bond donors (Lipinski definition) is 2. The molecule has 2 N–H and O–H groups in total. The number of fused-ring (bicyclic) bond motifs is 1. The summed E-state index contributed by atoms with van der Waals surface area (Å²) in [6.07, 6.45) is 0. The van der Waals surface area contributed by atoms with Crippen LogP contribution in [-0.2, 0) is 0 Å². The third-order valence-electron chi connectivity index (χ3n) is 3.22. The molecule has 0 aliphatic carbocycles. The number of carboxylic acid groups (broad SMARTS) is 1. The lowest BCUT2D eigenvalue weighted by molar-refractivity contribution is 0.0699. The summed E-state index contributed by atoms with van der Waals surface area (Å²) in [5.41, 5.74) is 0.537. The Labute approximate surface area is 123 Å². The highest BCUT2D eigenvalue weighted by molar-refractivity contribution is 6.14. The number of carboxylic acids is 1. The van der Waals surface area contributed by atoms with E-state index in [1.807, 2.05) is 19.0 Å². The summed E-state index contributed by atoms with van der Waals surface area (Å²) in [6, 6.07) is 10.2. The number of aromatic carboxylic acids is 1. The van der Waals surface area contributed by atoms with Gasteiger partial charge in [0.25, 0.3) is 5.91 Å². The van der Waals surface area contributed by atoms with Crippen LogP contribution in [0.4, 0.5) is 0 Å². The van der Waals surface area contributed by atoms with Crippen LogP contribution in [0.25, 0.3) is 10.8 Å². The molecule has 0 heterocycles. The zero-order valence-corrected chi connectivity index (χ0v) is 12.1. The van der Waals surface area contributed by atoms with Crippen molar-refractivity contribution in [3.8, 4) is 0 Å². The monoisotopic (exact) mass is 286 g/mol. The molecule has 2 aromatic carbocycles. The Hall–Kier alpha value is -2.40. The smallest absolute Gasteiger partial charge is 0.336 e. The van der Waals surface area contributed by atoms with Crippen molar-refractivity contribution in [3.63, 3.8) is 0 Å². The van der Waals surface area contributed by atoms with Crippen LogP contribution in [0.1, 0.15) is 20.7 Å². The summed E-state index contributed by atoms with van der Waals surface area (Å²) >= 11 is 0. The largest absolute Gasteiger partial charge is 0.478 e. The number of hydrogen-bond acceptors (Lipinski definition) is 3. The molecule has 0 saturated carbocycles. The van der Waals surface area contributed by atoms with Crippen molar-refractivity contribution in [2.24, 2.45) is 0 Å². The van der Waals surface area contributed by atoms with Gasteiger partial charge >= 0.3 is 5.97 Å². The number of benzene rings is 2. The first kappa shape index (κ1) is 15.0. The van der Waals surface area contributed by atoms with Gasteiger partial charge in [-0.25, -0.2) is 4.79 Å². The van der Waals surface area contributed by atoms with E-state index in [0.717, 1.165) is 11.9 Å². The van der Waals surface area contributed by atoms with Crippen molar-refractivity contribution in [3.05, 3.63) is 47.5 Å². The molecule has 0 fully saturated rings. The van der Waals surface area contributed by atoms with Crippen molar-refractivity contribution < 1.29 is 14.7 Å². The van der Waals surface area contributed by atoms with Crippen LogP contribution >= 0.6 is 0 Å². The molecule has 0 bridgehead atoms. The number of rotatable bonds is 5. The number of carbonyl (C=O) groups excluding carboxylic acids is 1. The van der Waals surface area contributed by atoms with Gasteiger partial charge in [-0.3, -0.25) is 4.79 Å². The van der Waals surface area contributed by atoms with Gasteiger partial charge in [-0.1, -0.05) is 24.3 Å². The predicted octanol–water partition coefficient (Wildman–Crippen LogP) is 1.83. The minimum Gasteiger partial charge on any atom is -0.478 e. The lowest BCUT2D eigenvalue weighted by atomic mass is 9.98. The van der Waals surface area contributed by atoms with Crippen molar-refractivity contribution >= 4 is 22.6 Å². The first-order chi connectivity index (χ1) is 10.0. The molecule has 2 aromatic rings. The lowest BCUT2D eigenvalue weighted by Gasteiger charge is -2.12. The molecule has 0 saturated heterocycles. The Morgan fingerprint density at radius 2 is 1.71 bits per heavy atom. The Kier molecular flexibility index (Phi) is 4.55. The van der Waals surface area contributed by atoms with E-state index in [1.165, 1.54) is 6.07 Å². The summed E-state index contributed by atoms with van der Waals surface area (Å²) in [5.74, 6) is -1.29. The molecule has 2 rings (SSSR count). The van der Waals surface area contributed by atoms with E-state index in [4.69, 9.17) is 0 Å². The van der Waals surface area contributed by atoms with Gasteiger partial charge in [0.05, 0.1) is 5.56 Å². The summed E-state index contributed by atoms with van der Waals surface area (Å²) in [6.45, 7) is 1.24. The number of nitrogens with zero attached hydrogens (tertiary/aromatic N) is 1. The van der Waals surface area contributed by atoms with E-state index in [2.05, 4.69) is 5.32 Å². The molecule has 0 aliphatic heterocycles. The van der Waals surface area contributed by atoms with Gasteiger partial charge in [0.1, 0.15) is 0 Å². The maximum atomic E-state index is 12.3. The highest BCUT2D eigenvalue weighted by Gasteiger charge is 2.16. The minimum absolute atomic E-state index is 0.144. The Balaban J connectivity index is 2.39. The summed E-state index contributed by atoms with van der Waals surface area (Å²) < 4.78 is 0. The number of nitrogens with one attached hydrogen (secondary N) is 1. The second kappa shape index (κ2) is 6.37. The molecule has 0 atom stereocenters. The van der Waals surface area contributed by atoms with Crippen molar-refractivity contribution in [1.29, 1.82) is 0 Å². The zero-order chi connectivity index (χ0) is 15.4. The van der Waals surface area contributed by atoms with Crippen LogP contribution in [0.3, 0.4) is 0 Å². The standard InChI is InChI=1S/C16H18N2O3/c1-18(2)10-9-17-15(19)12-7-3-5-11-6-4-8-13(14(11)12)16(20)21/h3-8H,9-10H2,1-2H3,(H,17,19)(H,20,21). The van der Waals surface area contributed by atoms with E-state index in [9.17, 15) is 14.7 Å². The van der Waals surface area contributed by atoms with Gasteiger partial charge in [0.2, 0.25) is 0 Å². The predicted molar refractivity (Wildman–Crippen MR) is 81.8 cm³/mol. The average Bonchev–Trinajstić information content (AvgIpc) is 2.45. The number of likely N-dealkylation sites (N-methyl/N-ethyl adjacent to an activating group) is 1.